The van der Waals surface area contributed by atoms with Gasteiger partial charge in [-0.2, -0.15) is 0 Å². The summed E-state index contributed by atoms with van der Waals surface area (Å²) in [6.45, 7) is 3.10. The summed E-state index contributed by atoms with van der Waals surface area (Å²) in [5, 5.41) is 3.56. The summed E-state index contributed by atoms with van der Waals surface area (Å²) in [5.41, 5.74) is 2.62. The van der Waals surface area contributed by atoms with Gasteiger partial charge in [0.2, 0.25) is 0 Å². The van der Waals surface area contributed by atoms with Crippen molar-refractivity contribution in [3.63, 3.8) is 0 Å². The first kappa shape index (κ1) is 14.6. The second-order valence-electron chi connectivity index (χ2n) is 4.88. The van der Waals surface area contributed by atoms with Gasteiger partial charge >= 0.3 is 0 Å². The summed E-state index contributed by atoms with van der Waals surface area (Å²) in [5.74, 6) is 0.964. The van der Waals surface area contributed by atoms with Crippen LogP contribution < -0.4 is 10.1 Å². The highest BCUT2D eigenvalue weighted by Crippen LogP contribution is 2.27. The number of nitrogens with one attached hydrogen (secondary N) is 1. The second kappa shape index (κ2) is 7.71. The van der Waals surface area contributed by atoms with Crippen LogP contribution in [0.5, 0.6) is 5.75 Å². The number of ether oxygens (including phenoxy) is 1. The van der Waals surface area contributed by atoms with Crippen LogP contribution >= 0.6 is 0 Å². The van der Waals surface area contributed by atoms with Gasteiger partial charge < -0.3 is 10.1 Å². The van der Waals surface area contributed by atoms with Gasteiger partial charge in [-0.1, -0.05) is 55.5 Å². The van der Waals surface area contributed by atoms with Gasteiger partial charge in [-0.3, -0.25) is 0 Å². The molecule has 0 saturated carbocycles. The third kappa shape index (κ3) is 3.84. The van der Waals surface area contributed by atoms with E-state index >= 15 is 0 Å². The summed E-state index contributed by atoms with van der Waals surface area (Å²) in [6.07, 6.45) is 2.13. The Hall–Kier alpha value is -1.80. The van der Waals surface area contributed by atoms with Crippen LogP contribution in [0.1, 0.15) is 30.5 Å². The average Bonchev–Trinajstić information content (AvgIpc) is 2.52. The molecule has 106 valence electrons. The fourth-order valence-corrected chi connectivity index (χ4v) is 2.52. The van der Waals surface area contributed by atoms with Crippen molar-refractivity contribution in [1.29, 1.82) is 0 Å². The lowest BCUT2D eigenvalue weighted by Crippen LogP contribution is -2.22. The van der Waals surface area contributed by atoms with Gasteiger partial charge in [0, 0.05) is 11.6 Å². The molecule has 0 radical (unpaired) electrons. The van der Waals surface area contributed by atoms with Crippen LogP contribution in [0.25, 0.3) is 0 Å². The number of hydrogen-bond donors (Lipinski definition) is 1. The van der Waals surface area contributed by atoms with Gasteiger partial charge in [0.15, 0.2) is 0 Å². The molecule has 20 heavy (non-hydrogen) atoms. The second-order valence-corrected chi connectivity index (χ2v) is 4.88. The van der Waals surface area contributed by atoms with E-state index in [4.69, 9.17) is 4.74 Å². The highest BCUT2D eigenvalue weighted by Gasteiger charge is 2.14. The molecule has 0 amide bonds. The molecule has 0 saturated heterocycles. The fourth-order valence-electron chi connectivity index (χ4n) is 2.52. The molecule has 0 aliphatic rings. The molecule has 1 N–H and O–H groups in total. The molecule has 2 aromatic rings. The molecule has 1 atom stereocenters. The highest BCUT2D eigenvalue weighted by molar-refractivity contribution is 5.36. The topological polar surface area (TPSA) is 21.3 Å². The van der Waals surface area contributed by atoms with Gasteiger partial charge in [0.1, 0.15) is 5.75 Å². The van der Waals surface area contributed by atoms with E-state index in [2.05, 4.69) is 54.7 Å². The van der Waals surface area contributed by atoms with Crippen molar-refractivity contribution in [1.82, 2.24) is 5.32 Å². The minimum Gasteiger partial charge on any atom is -0.496 e. The molecule has 0 bridgehead atoms. The Morgan fingerprint density at radius 2 is 1.70 bits per heavy atom. The Labute approximate surface area is 121 Å². The van der Waals surface area contributed by atoms with Gasteiger partial charge in [-0.15, -0.1) is 0 Å². The van der Waals surface area contributed by atoms with E-state index in [0.717, 1.165) is 25.1 Å². The van der Waals surface area contributed by atoms with Crippen molar-refractivity contribution < 1.29 is 4.74 Å². The molecular formula is C18H23NO. The third-order valence-corrected chi connectivity index (χ3v) is 3.53. The van der Waals surface area contributed by atoms with E-state index in [0.29, 0.717) is 6.04 Å². The lowest BCUT2D eigenvalue weighted by Gasteiger charge is -2.20. The Morgan fingerprint density at radius 1 is 1.00 bits per heavy atom. The smallest absolute Gasteiger partial charge is 0.123 e. The van der Waals surface area contributed by atoms with E-state index in [9.17, 15) is 0 Å². The largest absolute Gasteiger partial charge is 0.496 e. The highest BCUT2D eigenvalue weighted by atomic mass is 16.5. The molecule has 2 rings (SSSR count). The Morgan fingerprint density at radius 3 is 2.40 bits per heavy atom. The number of rotatable bonds is 7. The third-order valence-electron chi connectivity index (χ3n) is 3.53. The molecule has 0 aliphatic heterocycles. The Bertz CT molecular complexity index is 510. The number of para-hydroxylation sites is 1. The van der Waals surface area contributed by atoms with Crippen LogP contribution in [0.3, 0.4) is 0 Å². The maximum atomic E-state index is 5.48. The summed E-state index contributed by atoms with van der Waals surface area (Å²) in [6, 6.07) is 19.2. The summed E-state index contributed by atoms with van der Waals surface area (Å²) in [4.78, 5) is 0. The predicted molar refractivity (Wildman–Crippen MR) is 84.2 cm³/mol. The number of aryl methyl sites for hydroxylation is 1. The zero-order valence-corrected chi connectivity index (χ0v) is 12.3. The predicted octanol–water partition coefficient (Wildman–Crippen LogP) is 3.98. The standard InChI is InChI=1S/C18H23NO/c1-3-19-17(14-13-15-9-5-4-6-10-15)16-11-7-8-12-18(16)20-2/h4-12,17,19H,3,13-14H2,1-2H3. The first-order valence-corrected chi connectivity index (χ1v) is 7.25. The zero-order chi connectivity index (χ0) is 14.2. The van der Waals surface area contributed by atoms with Gasteiger partial charge in [-0.25, -0.2) is 0 Å². The first-order chi connectivity index (χ1) is 9.85. The van der Waals surface area contributed by atoms with Crippen LogP contribution in [0.4, 0.5) is 0 Å². The molecular weight excluding hydrogens is 246 g/mol. The van der Waals surface area contributed by atoms with Gasteiger partial charge in [0.05, 0.1) is 7.11 Å². The average molecular weight is 269 g/mol. The van der Waals surface area contributed by atoms with E-state index in [-0.39, 0.29) is 0 Å². The fraction of sp³-hybridized carbons (Fsp3) is 0.333. The van der Waals surface area contributed by atoms with E-state index in [1.54, 1.807) is 7.11 Å². The molecule has 0 aliphatic carbocycles. The first-order valence-electron chi connectivity index (χ1n) is 7.25. The molecule has 0 spiro atoms. The summed E-state index contributed by atoms with van der Waals surface area (Å²) < 4.78 is 5.48. The SMILES string of the molecule is CCNC(CCc1ccccc1)c1ccccc1OC. The van der Waals surface area contributed by atoms with Crippen LogP contribution in [0.2, 0.25) is 0 Å². The van der Waals surface area contributed by atoms with Crippen molar-refractivity contribution in [3.05, 3.63) is 65.7 Å². The monoisotopic (exact) mass is 269 g/mol. The summed E-state index contributed by atoms with van der Waals surface area (Å²) in [7, 11) is 1.74. The minimum atomic E-state index is 0.330. The Kier molecular flexibility index (Phi) is 5.63. The maximum Gasteiger partial charge on any atom is 0.123 e. The van der Waals surface area contributed by atoms with Crippen molar-refractivity contribution in [2.75, 3.05) is 13.7 Å². The van der Waals surface area contributed by atoms with Crippen molar-refractivity contribution >= 4 is 0 Å². The normalized spacial score (nSPS) is 12.1. The quantitative estimate of drug-likeness (QED) is 0.821. The van der Waals surface area contributed by atoms with Gasteiger partial charge in [-0.05, 0) is 31.0 Å². The minimum absolute atomic E-state index is 0.330. The summed E-state index contributed by atoms with van der Waals surface area (Å²) >= 11 is 0. The van der Waals surface area contributed by atoms with Gasteiger partial charge in [0.25, 0.3) is 0 Å². The van der Waals surface area contributed by atoms with Crippen molar-refractivity contribution in [2.24, 2.45) is 0 Å². The number of hydrogen-bond acceptors (Lipinski definition) is 2. The molecule has 2 nitrogen and oxygen atoms in total. The zero-order valence-electron chi connectivity index (χ0n) is 12.3. The molecule has 0 aromatic heterocycles. The van der Waals surface area contributed by atoms with Crippen molar-refractivity contribution in [2.45, 2.75) is 25.8 Å². The van der Waals surface area contributed by atoms with Crippen LogP contribution in [0.15, 0.2) is 54.6 Å². The lowest BCUT2D eigenvalue weighted by molar-refractivity contribution is 0.396. The molecule has 0 fully saturated rings. The number of methoxy groups -OCH3 is 1. The van der Waals surface area contributed by atoms with Crippen molar-refractivity contribution in [3.8, 4) is 5.75 Å². The Balaban J connectivity index is 2.10. The van der Waals surface area contributed by atoms with E-state index in [1.807, 2.05) is 12.1 Å². The molecule has 2 heteroatoms. The van der Waals surface area contributed by atoms with E-state index in [1.165, 1.54) is 11.1 Å². The van der Waals surface area contributed by atoms with Crippen LogP contribution in [0, 0.1) is 0 Å². The lowest BCUT2D eigenvalue weighted by atomic mass is 9.98. The van der Waals surface area contributed by atoms with E-state index < -0.39 is 0 Å². The number of benzene rings is 2. The molecule has 2 aromatic carbocycles. The molecule has 0 heterocycles. The molecule has 1 unspecified atom stereocenters. The maximum absolute atomic E-state index is 5.48. The van der Waals surface area contributed by atoms with Crippen LogP contribution in [-0.4, -0.2) is 13.7 Å². The van der Waals surface area contributed by atoms with Crippen LogP contribution in [-0.2, 0) is 6.42 Å².